The standard InChI is InChI=1S/C25H32Cl2N6/c1-15-14-31(11-9-22(15)32-10-5-6-16(32)2)23-13-28-24-17(3)30-33(25(24)29-23)18(4)20-8-7-19(26)12-21(20)27/h7-8,12-13,15-16,18,22H,5-6,9-11,14H2,1-4H3/t15-,16-,18-,22+/m1/s1. The third-order valence-electron chi connectivity index (χ3n) is 7.55. The molecule has 0 amide bonds. The highest BCUT2D eigenvalue weighted by Crippen LogP contribution is 2.33. The summed E-state index contributed by atoms with van der Waals surface area (Å²) in [5, 5.41) is 6.04. The van der Waals surface area contributed by atoms with Crippen LogP contribution in [0.3, 0.4) is 0 Å². The van der Waals surface area contributed by atoms with Gasteiger partial charge in [0.05, 0.1) is 17.9 Å². The Morgan fingerprint density at radius 1 is 1.12 bits per heavy atom. The van der Waals surface area contributed by atoms with Gasteiger partial charge in [-0.25, -0.2) is 14.6 Å². The summed E-state index contributed by atoms with van der Waals surface area (Å²) in [6.45, 7) is 12.1. The number of halogens is 2. The van der Waals surface area contributed by atoms with Gasteiger partial charge in [-0.1, -0.05) is 36.2 Å². The number of nitrogens with zero attached hydrogens (tertiary/aromatic N) is 6. The van der Waals surface area contributed by atoms with Crippen LogP contribution in [0.15, 0.2) is 24.4 Å². The molecule has 2 aromatic heterocycles. The number of anilines is 1. The van der Waals surface area contributed by atoms with Crippen LogP contribution in [-0.4, -0.2) is 56.4 Å². The number of piperidine rings is 1. The molecular weight excluding hydrogens is 455 g/mol. The average molecular weight is 487 g/mol. The van der Waals surface area contributed by atoms with Gasteiger partial charge in [-0.15, -0.1) is 0 Å². The van der Waals surface area contributed by atoms with Gasteiger partial charge in [0.1, 0.15) is 11.3 Å². The molecule has 2 saturated heterocycles. The minimum Gasteiger partial charge on any atom is -0.355 e. The smallest absolute Gasteiger partial charge is 0.179 e. The van der Waals surface area contributed by atoms with Crippen molar-refractivity contribution in [1.82, 2.24) is 24.6 Å². The van der Waals surface area contributed by atoms with Crippen molar-refractivity contribution < 1.29 is 0 Å². The molecule has 0 N–H and O–H groups in total. The van der Waals surface area contributed by atoms with Gasteiger partial charge in [-0.05, 0) is 70.2 Å². The Morgan fingerprint density at radius 3 is 2.64 bits per heavy atom. The first kappa shape index (κ1) is 22.9. The lowest BCUT2D eigenvalue weighted by molar-refractivity contribution is 0.122. The molecule has 0 saturated carbocycles. The van der Waals surface area contributed by atoms with Gasteiger partial charge < -0.3 is 4.90 Å². The van der Waals surface area contributed by atoms with Crippen LogP contribution in [0.4, 0.5) is 5.82 Å². The molecule has 4 atom stereocenters. The van der Waals surface area contributed by atoms with Gasteiger partial charge in [0, 0.05) is 35.2 Å². The first-order valence-corrected chi connectivity index (χ1v) is 12.8. The second-order valence-corrected chi connectivity index (χ2v) is 10.6. The number of hydrogen-bond acceptors (Lipinski definition) is 5. The van der Waals surface area contributed by atoms with Gasteiger partial charge in [-0.2, -0.15) is 5.10 Å². The number of hydrogen-bond donors (Lipinski definition) is 0. The van der Waals surface area contributed by atoms with Gasteiger partial charge in [-0.3, -0.25) is 4.90 Å². The summed E-state index contributed by atoms with van der Waals surface area (Å²) in [5.41, 5.74) is 3.47. The van der Waals surface area contributed by atoms with E-state index in [0.29, 0.717) is 28.0 Å². The predicted octanol–water partition coefficient (Wildman–Crippen LogP) is 5.75. The highest BCUT2D eigenvalue weighted by molar-refractivity contribution is 6.35. The zero-order valence-corrected chi connectivity index (χ0v) is 21.3. The molecular formula is C25H32Cl2N6. The summed E-state index contributed by atoms with van der Waals surface area (Å²) < 4.78 is 1.94. The molecule has 2 aliphatic rings. The summed E-state index contributed by atoms with van der Waals surface area (Å²) in [5.74, 6) is 1.52. The van der Waals surface area contributed by atoms with Crippen molar-refractivity contribution in [2.45, 2.75) is 65.1 Å². The van der Waals surface area contributed by atoms with Crippen LogP contribution >= 0.6 is 23.2 Å². The normalized spacial score (nSPS) is 25.2. The fourth-order valence-corrected chi connectivity index (χ4v) is 6.28. The van der Waals surface area contributed by atoms with E-state index in [0.717, 1.165) is 41.3 Å². The molecule has 33 heavy (non-hydrogen) atoms. The maximum absolute atomic E-state index is 6.51. The Hall–Kier alpha value is -1.89. The van der Waals surface area contributed by atoms with Crippen LogP contribution in [0.25, 0.3) is 11.2 Å². The molecule has 0 aliphatic carbocycles. The first-order chi connectivity index (χ1) is 15.8. The second-order valence-electron chi connectivity index (χ2n) is 9.78. The van der Waals surface area contributed by atoms with Crippen molar-refractivity contribution in [2.24, 2.45) is 5.92 Å². The molecule has 1 aromatic carbocycles. The summed E-state index contributed by atoms with van der Waals surface area (Å²) in [6.07, 6.45) is 5.73. The molecule has 0 spiro atoms. The van der Waals surface area contributed by atoms with E-state index in [-0.39, 0.29) is 6.04 Å². The van der Waals surface area contributed by atoms with E-state index in [1.165, 1.54) is 25.8 Å². The molecule has 0 radical (unpaired) electrons. The predicted molar refractivity (Wildman–Crippen MR) is 136 cm³/mol. The third-order valence-corrected chi connectivity index (χ3v) is 8.12. The first-order valence-electron chi connectivity index (χ1n) is 12.0. The quantitative estimate of drug-likeness (QED) is 0.469. The van der Waals surface area contributed by atoms with Crippen LogP contribution in [0, 0.1) is 12.8 Å². The number of rotatable bonds is 4. The Labute approximate surface area is 205 Å². The zero-order chi connectivity index (χ0) is 23.3. The molecule has 0 unspecified atom stereocenters. The Morgan fingerprint density at radius 2 is 1.94 bits per heavy atom. The van der Waals surface area contributed by atoms with Gasteiger partial charge in [0.15, 0.2) is 5.65 Å². The number of benzene rings is 1. The fraction of sp³-hybridized carbons (Fsp3) is 0.560. The number of aryl methyl sites for hydroxylation is 1. The highest BCUT2D eigenvalue weighted by atomic mass is 35.5. The van der Waals surface area contributed by atoms with E-state index in [1.54, 1.807) is 6.07 Å². The highest BCUT2D eigenvalue weighted by Gasteiger charge is 2.35. The number of fused-ring (bicyclic) bond motifs is 1. The van der Waals surface area contributed by atoms with E-state index in [4.69, 9.17) is 38.3 Å². The van der Waals surface area contributed by atoms with Crippen molar-refractivity contribution in [1.29, 1.82) is 0 Å². The second kappa shape index (κ2) is 9.05. The van der Waals surface area contributed by atoms with Crippen LogP contribution in [0.5, 0.6) is 0 Å². The van der Waals surface area contributed by atoms with Gasteiger partial charge >= 0.3 is 0 Å². The maximum Gasteiger partial charge on any atom is 0.179 e. The van der Waals surface area contributed by atoms with Crippen molar-refractivity contribution in [3.05, 3.63) is 45.7 Å². The molecule has 176 valence electrons. The van der Waals surface area contributed by atoms with Crippen molar-refractivity contribution in [3.8, 4) is 0 Å². The topological polar surface area (TPSA) is 50.1 Å². The molecule has 6 nitrogen and oxygen atoms in total. The van der Waals surface area contributed by atoms with E-state index in [1.807, 2.05) is 29.9 Å². The van der Waals surface area contributed by atoms with Crippen LogP contribution in [0.1, 0.15) is 57.3 Å². The molecule has 0 bridgehead atoms. The summed E-state index contributed by atoms with van der Waals surface area (Å²) in [6, 6.07) is 6.88. The minimum absolute atomic E-state index is 0.0863. The summed E-state index contributed by atoms with van der Waals surface area (Å²) in [7, 11) is 0. The fourth-order valence-electron chi connectivity index (χ4n) is 5.72. The van der Waals surface area contributed by atoms with Crippen LogP contribution in [0.2, 0.25) is 10.0 Å². The lowest BCUT2D eigenvalue weighted by Crippen LogP contribution is -2.51. The Kier molecular flexibility index (Phi) is 6.27. The van der Waals surface area contributed by atoms with E-state index >= 15 is 0 Å². The number of likely N-dealkylation sites (tertiary alicyclic amines) is 1. The molecule has 3 aromatic rings. The maximum atomic E-state index is 6.51. The lowest BCUT2D eigenvalue weighted by Gasteiger charge is -2.43. The van der Waals surface area contributed by atoms with E-state index in [2.05, 4.69) is 30.6 Å². The summed E-state index contributed by atoms with van der Waals surface area (Å²) >= 11 is 12.6. The minimum atomic E-state index is -0.0863. The Bertz CT molecular complexity index is 1160. The molecule has 2 fully saturated rings. The largest absolute Gasteiger partial charge is 0.355 e. The molecule has 5 rings (SSSR count). The third kappa shape index (κ3) is 4.22. The molecule has 2 aliphatic heterocycles. The Balaban J connectivity index is 1.43. The lowest BCUT2D eigenvalue weighted by atomic mass is 9.92. The SMILES string of the molecule is Cc1nn([C@H](C)c2ccc(Cl)cc2Cl)c2nc(N3CC[C@H](N4CCC[C@H]4C)[C@H](C)C3)cnc12. The zero-order valence-electron chi connectivity index (χ0n) is 19.8. The average Bonchev–Trinajstić information content (AvgIpc) is 3.36. The van der Waals surface area contributed by atoms with Gasteiger partial charge in [0.25, 0.3) is 0 Å². The molecule has 8 heteroatoms. The summed E-state index contributed by atoms with van der Waals surface area (Å²) in [4.78, 5) is 15.0. The van der Waals surface area contributed by atoms with Crippen molar-refractivity contribution in [2.75, 3.05) is 24.5 Å². The monoisotopic (exact) mass is 486 g/mol. The number of aromatic nitrogens is 4. The van der Waals surface area contributed by atoms with E-state index in [9.17, 15) is 0 Å². The van der Waals surface area contributed by atoms with Crippen molar-refractivity contribution >= 4 is 40.2 Å². The van der Waals surface area contributed by atoms with E-state index < -0.39 is 0 Å². The van der Waals surface area contributed by atoms with Gasteiger partial charge in [0.2, 0.25) is 0 Å². The van der Waals surface area contributed by atoms with Crippen LogP contribution in [-0.2, 0) is 0 Å². The molecule has 4 heterocycles. The van der Waals surface area contributed by atoms with Crippen molar-refractivity contribution in [3.63, 3.8) is 0 Å². The van der Waals surface area contributed by atoms with Crippen LogP contribution < -0.4 is 4.90 Å².